The van der Waals surface area contributed by atoms with Crippen molar-refractivity contribution < 1.29 is 23.1 Å². The lowest BCUT2D eigenvalue weighted by Gasteiger charge is -2.15. The summed E-state index contributed by atoms with van der Waals surface area (Å²) in [4.78, 5) is 26.4. The van der Waals surface area contributed by atoms with Crippen LogP contribution in [0.15, 0.2) is 57.8 Å². The third kappa shape index (κ3) is 4.31. The van der Waals surface area contributed by atoms with Crippen LogP contribution in [0.25, 0.3) is 11.0 Å². The maximum Gasteiger partial charge on any atom is 0.325 e. The topological polar surface area (TPSA) is 59.8 Å². The fourth-order valence-corrected chi connectivity index (χ4v) is 3.53. The first-order chi connectivity index (χ1) is 13.0. The highest BCUT2D eigenvalue weighted by molar-refractivity contribution is 7.98. The number of amides is 1. The summed E-state index contributed by atoms with van der Waals surface area (Å²) < 4.78 is 23.5. The van der Waals surface area contributed by atoms with Crippen molar-refractivity contribution in [1.29, 1.82) is 0 Å². The van der Waals surface area contributed by atoms with Gasteiger partial charge in [0, 0.05) is 28.6 Å². The van der Waals surface area contributed by atoms with Crippen LogP contribution >= 0.6 is 11.8 Å². The Labute approximate surface area is 160 Å². The Morgan fingerprint density at radius 3 is 2.56 bits per heavy atom. The average molecular weight is 387 g/mol. The monoisotopic (exact) mass is 387 g/mol. The molecule has 1 amide bonds. The molecule has 0 bridgehead atoms. The number of fused-ring (bicyclic) bond motifs is 1. The molecule has 140 valence electrons. The van der Waals surface area contributed by atoms with Crippen LogP contribution < -0.4 is 0 Å². The first kappa shape index (κ1) is 19.0. The van der Waals surface area contributed by atoms with Gasteiger partial charge in [0.2, 0.25) is 0 Å². The Bertz CT molecular complexity index is 968. The maximum absolute atomic E-state index is 13.1. The predicted molar refractivity (Wildman–Crippen MR) is 101 cm³/mol. The van der Waals surface area contributed by atoms with E-state index in [0.29, 0.717) is 11.3 Å². The number of carbonyl (C=O) groups excluding carboxylic acids is 2. The van der Waals surface area contributed by atoms with E-state index in [9.17, 15) is 14.0 Å². The average Bonchev–Trinajstić information content (AvgIpc) is 3.05. The van der Waals surface area contributed by atoms with Gasteiger partial charge in [-0.1, -0.05) is 18.2 Å². The van der Waals surface area contributed by atoms with Gasteiger partial charge >= 0.3 is 5.97 Å². The number of benzene rings is 2. The zero-order valence-corrected chi connectivity index (χ0v) is 15.7. The summed E-state index contributed by atoms with van der Waals surface area (Å²) in [5, 5.41) is 0.835. The van der Waals surface area contributed by atoms with Gasteiger partial charge in [-0.05, 0) is 30.3 Å². The minimum atomic E-state index is -0.510. The lowest BCUT2D eigenvalue weighted by molar-refractivity contribution is -0.141. The molecule has 0 radical (unpaired) electrons. The van der Waals surface area contributed by atoms with E-state index in [4.69, 9.17) is 4.42 Å². The molecule has 5 nitrogen and oxygen atoms in total. The van der Waals surface area contributed by atoms with Crippen LogP contribution in [0.4, 0.5) is 4.39 Å². The fourth-order valence-electron chi connectivity index (χ4n) is 2.60. The number of halogens is 1. The van der Waals surface area contributed by atoms with E-state index in [1.807, 2.05) is 18.2 Å². The summed E-state index contributed by atoms with van der Waals surface area (Å²) in [7, 11) is 2.79. The van der Waals surface area contributed by atoms with Gasteiger partial charge in [0.15, 0.2) is 5.76 Å². The Morgan fingerprint density at radius 2 is 1.85 bits per heavy atom. The molecule has 0 saturated carbocycles. The van der Waals surface area contributed by atoms with E-state index >= 15 is 0 Å². The molecule has 1 heterocycles. The number of para-hydroxylation sites is 1. The molecule has 1 aromatic heterocycles. The number of nitrogens with zero attached hydrogens (tertiary/aromatic N) is 1. The molecule has 3 rings (SSSR count). The lowest BCUT2D eigenvalue weighted by Crippen LogP contribution is -2.32. The third-order valence-corrected chi connectivity index (χ3v) is 5.07. The van der Waals surface area contributed by atoms with E-state index in [0.717, 1.165) is 15.8 Å². The van der Waals surface area contributed by atoms with Crippen LogP contribution in [0.3, 0.4) is 0 Å². The van der Waals surface area contributed by atoms with Gasteiger partial charge in [0.1, 0.15) is 17.9 Å². The molecule has 7 heteroatoms. The Balaban J connectivity index is 1.90. The van der Waals surface area contributed by atoms with Gasteiger partial charge in [0.05, 0.1) is 7.11 Å². The SMILES string of the molecule is COC(=O)CN(C)C(=O)c1oc2ccccc2c1CSc1ccc(F)cc1. The summed E-state index contributed by atoms with van der Waals surface area (Å²) in [6.45, 7) is -0.170. The summed E-state index contributed by atoms with van der Waals surface area (Å²) in [6.07, 6.45) is 0. The van der Waals surface area contributed by atoms with Gasteiger partial charge in [-0.2, -0.15) is 0 Å². The molecule has 0 spiro atoms. The normalized spacial score (nSPS) is 10.8. The van der Waals surface area contributed by atoms with Crippen molar-refractivity contribution in [3.8, 4) is 0 Å². The van der Waals surface area contributed by atoms with Crippen molar-refractivity contribution in [2.45, 2.75) is 10.6 Å². The second-order valence-corrected chi connectivity index (χ2v) is 6.93. The molecule has 0 aliphatic carbocycles. The van der Waals surface area contributed by atoms with Crippen molar-refractivity contribution in [3.05, 3.63) is 65.7 Å². The third-order valence-electron chi connectivity index (χ3n) is 4.03. The second kappa shape index (κ2) is 8.26. The van der Waals surface area contributed by atoms with Crippen LogP contribution in [0.1, 0.15) is 16.1 Å². The molecule has 0 aliphatic heterocycles. The number of methoxy groups -OCH3 is 1. The number of carbonyl (C=O) groups is 2. The van der Waals surface area contributed by atoms with Crippen molar-refractivity contribution in [2.75, 3.05) is 20.7 Å². The maximum atomic E-state index is 13.1. The highest BCUT2D eigenvalue weighted by atomic mass is 32.2. The van der Waals surface area contributed by atoms with Gasteiger partial charge in [-0.25, -0.2) is 4.39 Å². The minimum absolute atomic E-state index is 0.170. The second-order valence-electron chi connectivity index (χ2n) is 5.89. The number of esters is 1. The smallest absolute Gasteiger partial charge is 0.325 e. The molecule has 0 fully saturated rings. The summed E-state index contributed by atoms with van der Waals surface area (Å²) in [6, 6.07) is 13.5. The highest BCUT2D eigenvalue weighted by Crippen LogP contribution is 2.32. The van der Waals surface area contributed by atoms with Crippen LogP contribution in [-0.2, 0) is 15.3 Å². The lowest BCUT2D eigenvalue weighted by atomic mass is 10.1. The number of thioether (sulfide) groups is 1. The van der Waals surface area contributed by atoms with E-state index in [1.54, 1.807) is 18.2 Å². The minimum Gasteiger partial charge on any atom is -0.468 e. The first-order valence-corrected chi connectivity index (χ1v) is 9.19. The van der Waals surface area contributed by atoms with Gasteiger partial charge in [-0.3, -0.25) is 9.59 Å². The number of ether oxygens (including phenoxy) is 1. The van der Waals surface area contributed by atoms with Crippen molar-refractivity contribution in [3.63, 3.8) is 0 Å². The molecular formula is C20H18FNO4S. The van der Waals surface area contributed by atoms with Gasteiger partial charge < -0.3 is 14.1 Å². The quantitative estimate of drug-likeness (QED) is 0.471. The number of hydrogen-bond donors (Lipinski definition) is 0. The molecule has 2 aromatic carbocycles. The highest BCUT2D eigenvalue weighted by Gasteiger charge is 2.24. The number of rotatable bonds is 6. The standard InChI is InChI=1S/C20H18FNO4S/c1-22(11-18(23)25-2)20(24)19-16(15-5-3-4-6-17(15)26-19)12-27-14-9-7-13(21)8-10-14/h3-10H,11-12H2,1-2H3. The van der Waals surface area contributed by atoms with E-state index in [1.165, 1.54) is 43.0 Å². The zero-order valence-electron chi connectivity index (χ0n) is 14.9. The van der Waals surface area contributed by atoms with Crippen LogP contribution in [0.2, 0.25) is 0 Å². The summed E-state index contributed by atoms with van der Waals surface area (Å²) >= 11 is 1.47. The fraction of sp³-hybridized carbons (Fsp3) is 0.200. The van der Waals surface area contributed by atoms with E-state index < -0.39 is 11.9 Å². The molecule has 0 unspecified atom stereocenters. The predicted octanol–water partition coefficient (Wildman–Crippen LogP) is 4.11. The number of hydrogen-bond acceptors (Lipinski definition) is 5. The number of furan rings is 1. The van der Waals surface area contributed by atoms with Crippen LogP contribution in [0.5, 0.6) is 0 Å². The van der Waals surface area contributed by atoms with Gasteiger partial charge in [-0.15, -0.1) is 11.8 Å². The zero-order chi connectivity index (χ0) is 19.4. The van der Waals surface area contributed by atoms with Gasteiger partial charge in [0.25, 0.3) is 5.91 Å². The Morgan fingerprint density at radius 1 is 1.15 bits per heavy atom. The van der Waals surface area contributed by atoms with E-state index in [2.05, 4.69) is 4.74 Å². The molecular weight excluding hydrogens is 369 g/mol. The molecule has 0 aliphatic rings. The Kier molecular flexibility index (Phi) is 5.81. The largest absolute Gasteiger partial charge is 0.468 e. The summed E-state index contributed by atoms with van der Waals surface area (Å²) in [5.41, 5.74) is 1.34. The van der Waals surface area contributed by atoms with E-state index in [-0.39, 0.29) is 18.1 Å². The van der Waals surface area contributed by atoms with Crippen LogP contribution in [-0.4, -0.2) is 37.5 Å². The summed E-state index contributed by atoms with van der Waals surface area (Å²) in [5.74, 6) is -0.545. The Hall–Kier alpha value is -2.80. The molecule has 0 saturated heterocycles. The van der Waals surface area contributed by atoms with Crippen molar-refractivity contribution >= 4 is 34.6 Å². The number of likely N-dealkylation sites (N-methyl/N-ethyl adjacent to an activating group) is 1. The molecule has 3 aromatic rings. The van der Waals surface area contributed by atoms with Crippen LogP contribution in [0, 0.1) is 5.82 Å². The molecule has 0 N–H and O–H groups in total. The van der Waals surface area contributed by atoms with Crippen molar-refractivity contribution in [1.82, 2.24) is 4.90 Å². The van der Waals surface area contributed by atoms with Crippen molar-refractivity contribution in [2.24, 2.45) is 0 Å². The molecule has 0 atom stereocenters. The first-order valence-electron chi connectivity index (χ1n) is 8.20. The molecule has 27 heavy (non-hydrogen) atoms.